The summed E-state index contributed by atoms with van der Waals surface area (Å²) in [6, 6.07) is 4.98. The van der Waals surface area contributed by atoms with Crippen molar-refractivity contribution >= 4 is 46.5 Å². The number of anilines is 1. The smallest absolute Gasteiger partial charge is 0.321 e. The molecule has 1 aliphatic rings. The number of likely N-dealkylation sites (tertiary alicyclic amines) is 1. The van der Waals surface area contributed by atoms with Crippen molar-refractivity contribution < 1.29 is 9.53 Å². The fourth-order valence-corrected chi connectivity index (χ4v) is 2.90. The molecule has 1 aromatic carbocycles. The first-order valence-corrected chi connectivity index (χ1v) is 8.80. The molecule has 1 unspecified atom stereocenters. The first-order chi connectivity index (χ1) is 12.0. The van der Waals surface area contributed by atoms with Gasteiger partial charge in [-0.3, -0.25) is 0 Å². The number of halogens is 3. The van der Waals surface area contributed by atoms with Gasteiger partial charge in [0.1, 0.15) is 6.10 Å². The van der Waals surface area contributed by atoms with E-state index < -0.39 is 0 Å². The molecule has 1 fully saturated rings. The highest BCUT2D eigenvalue weighted by Gasteiger charge is 2.25. The zero-order valence-electron chi connectivity index (χ0n) is 13.1. The summed E-state index contributed by atoms with van der Waals surface area (Å²) in [5, 5.41) is 4.08. The van der Waals surface area contributed by atoms with Crippen LogP contribution in [0.4, 0.5) is 10.5 Å². The highest BCUT2D eigenvalue weighted by molar-refractivity contribution is 6.42. The molecule has 25 heavy (non-hydrogen) atoms. The van der Waals surface area contributed by atoms with Crippen LogP contribution < -0.4 is 10.1 Å². The van der Waals surface area contributed by atoms with Gasteiger partial charge >= 0.3 is 12.0 Å². The van der Waals surface area contributed by atoms with Crippen LogP contribution in [-0.4, -0.2) is 40.1 Å². The molecule has 2 amide bonds. The van der Waals surface area contributed by atoms with Crippen molar-refractivity contribution in [2.75, 3.05) is 18.4 Å². The van der Waals surface area contributed by atoms with Crippen molar-refractivity contribution in [1.29, 1.82) is 0 Å². The van der Waals surface area contributed by atoms with Gasteiger partial charge in [-0.1, -0.05) is 34.8 Å². The lowest BCUT2D eigenvalue weighted by molar-refractivity contribution is 0.0983. The number of piperidine rings is 1. The van der Waals surface area contributed by atoms with Gasteiger partial charge in [0, 0.05) is 12.2 Å². The van der Waals surface area contributed by atoms with E-state index in [1.807, 2.05) is 0 Å². The van der Waals surface area contributed by atoms with E-state index in [2.05, 4.69) is 15.3 Å². The van der Waals surface area contributed by atoms with Crippen LogP contribution in [0.25, 0.3) is 0 Å². The number of hydrogen-bond donors (Lipinski definition) is 1. The number of nitrogens with zero attached hydrogens (tertiary/aromatic N) is 3. The van der Waals surface area contributed by atoms with Gasteiger partial charge in [-0.15, -0.1) is 0 Å². The number of rotatable bonds is 3. The van der Waals surface area contributed by atoms with Gasteiger partial charge < -0.3 is 15.0 Å². The zero-order chi connectivity index (χ0) is 17.8. The minimum atomic E-state index is -0.219. The number of aromatic nitrogens is 2. The summed E-state index contributed by atoms with van der Waals surface area (Å²) in [5.74, 6) is 0. The average Bonchev–Trinajstić information content (AvgIpc) is 2.60. The van der Waals surface area contributed by atoms with E-state index in [9.17, 15) is 4.79 Å². The van der Waals surface area contributed by atoms with Crippen LogP contribution >= 0.6 is 34.8 Å². The third-order valence-corrected chi connectivity index (χ3v) is 4.64. The molecule has 1 aromatic heterocycles. The first kappa shape index (κ1) is 18.0. The maximum atomic E-state index is 12.4. The molecule has 3 rings (SSSR count). The van der Waals surface area contributed by atoms with Crippen LogP contribution in [-0.2, 0) is 0 Å². The standard InChI is InChI=1S/C16H15Cl3N4O2/c17-10-7-20-15(21-8-10)25-12-2-1-5-23(9-12)16(24)22-11-3-4-13(18)14(19)6-11/h3-4,6-8,12H,1-2,5,9H2,(H,22,24). The molecule has 132 valence electrons. The summed E-state index contributed by atoms with van der Waals surface area (Å²) in [4.78, 5) is 22.2. The maximum Gasteiger partial charge on any atom is 0.321 e. The fraction of sp³-hybridized carbons (Fsp3) is 0.312. The molecule has 1 N–H and O–H groups in total. The Morgan fingerprint density at radius 3 is 2.68 bits per heavy atom. The summed E-state index contributed by atoms with van der Waals surface area (Å²) in [7, 11) is 0. The first-order valence-electron chi connectivity index (χ1n) is 7.66. The molecule has 1 aliphatic heterocycles. The fourth-order valence-electron chi connectivity index (χ4n) is 2.51. The van der Waals surface area contributed by atoms with Crippen LogP contribution in [0, 0.1) is 0 Å². The minimum Gasteiger partial charge on any atom is -0.458 e. The Balaban J connectivity index is 1.59. The largest absolute Gasteiger partial charge is 0.458 e. The van der Waals surface area contributed by atoms with Gasteiger partial charge in [0.2, 0.25) is 0 Å². The molecular formula is C16H15Cl3N4O2. The Bertz CT molecular complexity index is 758. The summed E-state index contributed by atoms with van der Waals surface area (Å²) in [6.45, 7) is 1.09. The van der Waals surface area contributed by atoms with E-state index in [1.165, 1.54) is 12.4 Å². The van der Waals surface area contributed by atoms with Crippen LogP contribution in [0.1, 0.15) is 12.8 Å². The normalized spacial score (nSPS) is 17.2. The second-order valence-electron chi connectivity index (χ2n) is 5.57. The molecule has 0 spiro atoms. The van der Waals surface area contributed by atoms with Gasteiger partial charge in [0.15, 0.2) is 0 Å². The van der Waals surface area contributed by atoms with E-state index in [0.29, 0.717) is 33.8 Å². The summed E-state index contributed by atoms with van der Waals surface area (Å²) < 4.78 is 5.73. The van der Waals surface area contributed by atoms with Crippen molar-refractivity contribution in [3.05, 3.63) is 45.7 Å². The molecule has 0 saturated carbocycles. The lowest BCUT2D eigenvalue weighted by Gasteiger charge is -2.32. The van der Waals surface area contributed by atoms with Crippen LogP contribution in [0.15, 0.2) is 30.6 Å². The third kappa shape index (κ3) is 4.87. The second-order valence-corrected chi connectivity index (χ2v) is 6.82. The Labute approximate surface area is 160 Å². The number of carbonyl (C=O) groups excluding carboxylic acids is 1. The number of amides is 2. The number of hydrogen-bond acceptors (Lipinski definition) is 4. The Morgan fingerprint density at radius 1 is 1.20 bits per heavy atom. The lowest BCUT2D eigenvalue weighted by Crippen LogP contribution is -2.46. The summed E-state index contributed by atoms with van der Waals surface area (Å²) in [6.07, 6.45) is 4.42. The topological polar surface area (TPSA) is 67.4 Å². The predicted molar refractivity (Wildman–Crippen MR) is 97.7 cm³/mol. The number of ether oxygens (including phenoxy) is 1. The highest BCUT2D eigenvalue weighted by atomic mass is 35.5. The van der Waals surface area contributed by atoms with Gasteiger partial charge in [-0.05, 0) is 31.0 Å². The molecule has 6 nitrogen and oxygen atoms in total. The van der Waals surface area contributed by atoms with Gasteiger partial charge in [-0.25, -0.2) is 14.8 Å². The lowest BCUT2D eigenvalue weighted by atomic mass is 10.1. The van der Waals surface area contributed by atoms with Gasteiger partial charge in [-0.2, -0.15) is 0 Å². The molecule has 0 aliphatic carbocycles. The van der Waals surface area contributed by atoms with Crippen molar-refractivity contribution in [2.24, 2.45) is 0 Å². The molecule has 0 radical (unpaired) electrons. The molecular weight excluding hydrogens is 387 g/mol. The summed E-state index contributed by atoms with van der Waals surface area (Å²) in [5.41, 5.74) is 0.587. The monoisotopic (exact) mass is 400 g/mol. The number of urea groups is 1. The van der Waals surface area contributed by atoms with Gasteiger partial charge in [0.05, 0.1) is 34.0 Å². The zero-order valence-corrected chi connectivity index (χ0v) is 15.4. The van der Waals surface area contributed by atoms with E-state index in [-0.39, 0.29) is 18.1 Å². The van der Waals surface area contributed by atoms with Crippen molar-refractivity contribution in [2.45, 2.75) is 18.9 Å². The van der Waals surface area contributed by atoms with E-state index >= 15 is 0 Å². The Hall–Kier alpha value is -1.76. The second kappa shape index (κ2) is 8.08. The van der Waals surface area contributed by atoms with E-state index in [0.717, 1.165) is 12.8 Å². The van der Waals surface area contributed by atoms with Crippen molar-refractivity contribution in [3.8, 4) is 6.01 Å². The third-order valence-electron chi connectivity index (χ3n) is 3.70. The van der Waals surface area contributed by atoms with Crippen molar-refractivity contribution in [1.82, 2.24) is 14.9 Å². The average molecular weight is 402 g/mol. The highest BCUT2D eigenvalue weighted by Crippen LogP contribution is 2.25. The molecule has 1 atom stereocenters. The van der Waals surface area contributed by atoms with Gasteiger partial charge in [0.25, 0.3) is 0 Å². The molecule has 0 bridgehead atoms. The van der Waals surface area contributed by atoms with E-state index in [4.69, 9.17) is 39.5 Å². The Morgan fingerprint density at radius 2 is 1.96 bits per heavy atom. The van der Waals surface area contributed by atoms with Crippen molar-refractivity contribution in [3.63, 3.8) is 0 Å². The minimum absolute atomic E-state index is 0.172. The summed E-state index contributed by atoms with van der Waals surface area (Å²) >= 11 is 17.6. The van der Waals surface area contributed by atoms with Crippen LogP contribution in [0.2, 0.25) is 15.1 Å². The van der Waals surface area contributed by atoms with E-state index in [1.54, 1.807) is 23.1 Å². The predicted octanol–water partition coefficient (Wildman–Crippen LogP) is 4.51. The molecule has 9 heteroatoms. The SMILES string of the molecule is O=C(Nc1ccc(Cl)c(Cl)c1)N1CCCC(Oc2ncc(Cl)cn2)C1. The quantitative estimate of drug-likeness (QED) is 0.821. The molecule has 2 heterocycles. The molecule has 2 aromatic rings. The van der Waals surface area contributed by atoms with Crippen LogP contribution in [0.3, 0.4) is 0 Å². The molecule has 1 saturated heterocycles. The maximum absolute atomic E-state index is 12.4. The van der Waals surface area contributed by atoms with Crippen LogP contribution in [0.5, 0.6) is 6.01 Å². The number of benzene rings is 1. The number of carbonyl (C=O) groups is 1. The Kier molecular flexibility index (Phi) is 5.83. The number of nitrogens with one attached hydrogen (secondary N) is 1.